The van der Waals surface area contributed by atoms with Gasteiger partial charge < -0.3 is 5.32 Å². The number of nitrogens with zero attached hydrogens (tertiary/aromatic N) is 1. The predicted molar refractivity (Wildman–Crippen MR) is 133 cm³/mol. The molecule has 0 saturated carbocycles. The van der Waals surface area contributed by atoms with Gasteiger partial charge in [0.2, 0.25) is 10.0 Å². The maximum atomic E-state index is 11.9. The standard InChI is InChI=1S/C26H26N4O2S/c27-33(31,32)24-12-5-4-9-21(24)17-28-26-25-22(10-6-11-23(25)29-30-26)20-15-13-19(14-16-20)18-7-2-1-3-8-18/h4-7,9-16H,1-3,8,17H2,(H2,27,31,32)(H2,28,29,30). The molecule has 3 aromatic carbocycles. The van der Waals surface area contributed by atoms with E-state index in [1.165, 1.54) is 30.0 Å². The van der Waals surface area contributed by atoms with Gasteiger partial charge in [-0.3, -0.25) is 5.10 Å². The summed E-state index contributed by atoms with van der Waals surface area (Å²) in [7, 11) is -3.80. The molecule has 6 nitrogen and oxygen atoms in total. The molecule has 7 heteroatoms. The molecule has 33 heavy (non-hydrogen) atoms. The van der Waals surface area contributed by atoms with Gasteiger partial charge in [0.25, 0.3) is 0 Å². The van der Waals surface area contributed by atoms with Crippen molar-refractivity contribution in [1.82, 2.24) is 10.2 Å². The number of primary sulfonamides is 1. The fourth-order valence-corrected chi connectivity index (χ4v) is 5.29. The van der Waals surface area contributed by atoms with Gasteiger partial charge in [0.05, 0.1) is 15.8 Å². The number of fused-ring (bicyclic) bond motifs is 1. The van der Waals surface area contributed by atoms with Crippen LogP contribution >= 0.6 is 0 Å². The first-order chi connectivity index (χ1) is 16.0. The minimum atomic E-state index is -3.80. The van der Waals surface area contributed by atoms with Crippen LogP contribution in [0.15, 0.2) is 77.7 Å². The van der Waals surface area contributed by atoms with E-state index in [4.69, 9.17) is 5.14 Å². The van der Waals surface area contributed by atoms with Crippen LogP contribution in [0.2, 0.25) is 0 Å². The van der Waals surface area contributed by atoms with E-state index in [9.17, 15) is 8.42 Å². The third kappa shape index (κ3) is 4.42. The third-order valence-corrected chi connectivity index (χ3v) is 7.18. The Morgan fingerprint density at radius 2 is 1.73 bits per heavy atom. The first-order valence-electron chi connectivity index (χ1n) is 11.1. The van der Waals surface area contributed by atoms with Gasteiger partial charge in [0.15, 0.2) is 5.82 Å². The first kappa shape index (κ1) is 21.4. The van der Waals surface area contributed by atoms with Crippen molar-refractivity contribution in [2.45, 2.75) is 37.1 Å². The molecule has 4 N–H and O–H groups in total. The third-order valence-electron chi connectivity index (χ3n) is 6.17. The molecule has 0 bridgehead atoms. The van der Waals surface area contributed by atoms with Crippen molar-refractivity contribution in [3.63, 3.8) is 0 Å². The number of nitrogens with one attached hydrogen (secondary N) is 2. The van der Waals surface area contributed by atoms with Crippen LogP contribution in [-0.4, -0.2) is 18.6 Å². The Hall–Kier alpha value is -3.42. The molecule has 0 aliphatic heterocycles. The Balaban J connectivity index is 1.47. The number of aromatic nitrogens is 2. The van der Waals surface area contributed by atoms with Crippen LogP contribution in [0.5, 0.6) is 0 Å². The molecule has 1 aliphatic carbocycles. The zero-order chi connectivity index (χ0) is 22.8. The Morgan fingerprint density at radius 3 is 2.48 bits per heavy atom. The molecular formula is C26H26N4O2S. The normalized spacial score (nSPS) is 14.3. The van der Waals surface area contributed by atoms with E-state index in [2.05, 4.69) is 51.9 Å². The largest absolute Gasteiger partial charge is 0.364 e. The second-order valence-electron chi connectivity index (χ2n) is 8.36. The second-order valence-corrected chi connectivity index (χ2v) is 9.89. The summed E-state index contributed by atoms with van der Waals surface area (Å²) in [4.78, 5) is 0.116. The first-order valence-corrected chi connectivity index (χ1v) is 12.7. The van der Waals surface area contributed by atoms with Crippen LogP contribution in [0.3, 0.4) is 0 Å². The summed E-state index contributed by atoms with van der Waals surface area (Å²) in [6.45, 7) is 0.286. The second kappa shape index (κ2) is 8.84. The van der Waals surface area contributed by atoms with Gasteiger partial charge in [-0.25, -0.2) is 13.6 Å². The van der Waals surface area contributed by atoms with Crippen molar-refractivity contribution < 1.29 is 8.42 Å². The molecule has 1 heterocycles. The summed E-state index contributed by atoms with van der Waals surface area (Å²) in [5.74, 6) is 0.670. The molecule has 1 aliphatic rings. The fraction of sp³-hybridized carbons (Fsp3) is 0.192. The van der Waals surface area contributed by atoms with Crippen LogP contribution in [0.1, 0.15) is 36.8 Å². The Bertz CT molecular complexity index is 1440. The van der Waals surface area contributed by atoms with E-state index >= 15 is 0 Å². The fourth-order valence-electron chi connectivity index (χ4n) is 4.51. The monoisotopic (exact) mass is 458 g/mol. The Labute approximate surface area is 193 Å². The summed E-state index contributed by atoms with van der Waals surface area (Å²) in [5.41, 5.74) is 6.40. The lowest BCUT2D eigenvalue weighted by Crippen LogP contribution is -2.15. The SMILES string of the molecule is NS(=O)(=O)c1ccccc1CNc1n[nH]c2cccc(-c3ccc(C4=CCCCC4)cc3)c12. The van der Waals surface area contributed by atoms with Gasteiger partial charge in [-0.15, -0.1) is 0 Å². The van der Waals surface area contributed by atoms with E-state index < -0.39 is 10.0 Å². The van der Waals surface area contributed by atoms with E-state index in [1.807, 2.05) is 12.1 Å². The minimum Gasteiger partial charge on any atom is -0.364 e. The number of sulfonamides is 1. The number of benzene rings is 3. The quantitative estimate of drug-likeness (QED) is 0.358. The highest BCUT2D eigenvalue weighted by molar-refractivity contribution is 7.89. The zero-order valence-electron chi connectivity index (χ0n) is 18.2. The molecule has 0 fully saturated rings. The molecule has 0 radical (unpaired) electrons. The number of rotatable bonds is 6. The highest BCUT2D eigenvalue weighted by Crippen LogP contribution is 2.34. The topological polar surface area (TPSA) is 101 Å². The van der Waals surface area contributed by atoms with Crippen LogP contribution < -0.4 is 10.5 Å². The highest BCUT2D eigenvalue weighted by Gasteiger charge is 2.16. The van der Waals surface area contributed by atoms with Crippen LogP contribution in [-0.2, 0) is 16.6 Å². The van der Waals surface area contributed by atoms with Crippen molar-refractivity contribution in [2.75, 3.05) is 5.32 Å². The van der Waals surface area contributed by atoms with Crippen LogP contribution in [0, 0.1) is 0 Å². The molecule has 0 amide bonds. The number of allylic oxidation sites excluding steroid dienone is 2. The molecular weight excluding hydrogens is 432 g/mol. The molecule has 1 aromatic heterocycles. The van der Waals surface area contributed by atoms with Crippen molar-refractivity contribution in [1.29, 1.82) is 0 Å². The summed E-state index contributed by atoms with van der Waals surface area (Å²) in [6.07, 6.45) is 7.20. The highest BCUT2D eigenvalue weighted by atomic mass is 32.2. The van der Waals surface area contributed by atoms with Gasteiger partial charge in [-0.05, 0) is 65.6 Å². The average Bonchev–Trinajstić information content (AvgIpc) is 3.26. The van der Waals surface area contributed by atoms with Gasteiger partial charge >= 0.3 is 0 Å². The van der Waals surface area contributed by atoms with E-state index in [1.54, 1.807) is 18.2 Å². The minimum absolute atomic E-state index is 0.116. The van der Waals surface area contributed by atoms with Crippen molar-refractivity contribution in [3.05, 3.63) is 83.9 Å². The molecule has 0 spiro atoms. The molecule has 0 atom stereocenters. The number of hydrogen-bond donors (Lipinski definition) is 3. The van der Waals surface area contributed by atoms with Crippen molar-refractivity contribution in [3.8, 4) is 11.1 Å². The number of H-pyrrole nitrogens is 1. The van der Waals surface area contributed by atoms with Gasteiger partial charge in [-0.2, -0.15) is 5.10 Å². The number of anilines is 1. The summed E-state index contributed by atoms with van der Waals surface area (Å²) in [5, 5.41) is 17.2. The summed E-state index contributed by atoms with van der Waals surface area (Å²) < 4.78 is 23.9. The number of hydrogen-bond acceptors (Lipinski definition) is 4. The van der Waals surface area contributed by atoms with Crippen molar-refractivity contribution in [2.24, 2.45) is 5.14 Å². The lowest BCUT2D eigenvalue weighted by molar-refractivity contribution is 0.597. The van der Waals surface area contributed by atoms with Gasteiger partial charge in [-0.1, -0.05) is 60.7 Å². The van der Waals surface area contributed by atoms with E-state index in [0.29, 0.717) is 11.4 Å². The molecule has 5 rings (SSSR count). The lowest BCUT2D eigenvalue weighted by Gasteiger charge is -2.14. The number of aromatic amines is 1. The predicted octanol–water partition coefficient (Wildman–Crippen LogP) is 5.45. The Morgan fingerprint density at radius 1 is 0.939 bits per heavy atom. The molecule has 4 aromatic rings. The molecule has 0 saturated heterocycles. The summed E-state index contributed by atoms with van der Waals surface area (Å²) >= 11 is 0. The van der Waals surface area contributed by atoms with E-state index in [0.717, 1.165) is 34.9 Å². The number of nitrogens with two attached hydrogens (primary N) is 1. The van der Waals surface area contributed by atoms with Gasteiger partial charge in [0, 0.05) is 6.54 Å². The van der Waals surface area contributed by atoms with Crippen LogP contribution in [0.4, 0.5) is 5.82 Å². The van der Waals surface area contributed by atoms with Gasteiger partial charge in [0.1, 0.15) is 0 Å². The molecule has 0 unspecified atom stereocenters. The van der Waals surface area contributed by atoms with Crippen molar-refractivity contribution >= 4 is 32.3 Å². The Kier molecular flexibility index (Phi) is 5.74. The average molecular weight is 459 g/mol. The smallest absolute Gasteiger partial charge is 0.238 e. The molecule has 168 valence electrons. The summed E-state index contributed by atoms with van der Waals surface area (Å²) in [6, 6.07) is 21.5. The lowest BCUT2D eigenvalue weighted by atomic mass is 9.92. The van der Waals surface area contributed by atoms with E-state index in [-0.39, 0.29) is 11.4 Å². The van der Waals surface area contributed by atoms with Crippen LogP contribution in [0.25, 0.3) is 27.6 Å². The maximum Gasteiger partial charge on any atom is 0.238 e. The zero-order valence-corrected chi connectivity index (χ0v) is 19.0. The maximum absolute atomic E-state index is 11.9.